The Balaban J connectivity index is 0.00000320. The number of aliphatic imine (C=N–C) groups is 1. The highest BCUT2D eigenvalue weighted by Crippen LogP contribution is 2.22. The number of guanidine groups is 1. The Morgan fingerprint density at radius 1 is 1.27 bits per heavy atom. The van der Waals surface area contributed by atoms with Gasteiger partial charge in [-0.2, -0.15) is 0 Å². The number of morpholine rings is 1. The van der Waals surface area contributed by atoms with Crippen LogP contribution in [0.1, 0.15) is 51.5 Å². The predicted molar refractivity (Wildman–Crippen MR) is 132 cm³/mol. The summed E-state index contributed by atoms with van der Waals surface area (Å²) in [6.45, 7) is 10.3. The van der Waals surface area contributed by atoms with E-state index in [-0.39, 0.29) is 24.0 Å². The summed E-state index contributed by atoms with van der Waals surface area (Å²) in [4.78, 5) is 11.6. The molecular formula is C22H38IN5O2. The van der Waals surface area contributed by atoms with Crippen molar-refractivity contribution in [3.05, 3.63) is 23.9 Å². The summed E-state index contributed by atoms with van der Waals surface area (Å²) < 4.78 is 11.5. The van der Waals surface area contributed by atoms with Gasteiger partial charge in [0, 0.05) is 44.5 Å². The molecule has 1 aromatic heterocycles. The Kier molecular flexibility index (Phi) is 11.8. The number of nitrogens with zero attached hydrogens (tertiary/aromatic N) is 3. The summed E-state index contributed by atoms with van der Waals surface area (Å²) >= 11 is 0. The zero-order valence-electron chi connectivity index (χ0n) is 18.4. The van der Waals surface area contributed by atoms with Gasteiger partial charge < -0.3 is 20.1 Å². The molecule has 2 heterocycles. The SMILES string of the molecule is CCNC(=NCc1ccnc(OC2CCCCC2)c1)NCC(C)N1CCOCC1.I. The minimum atomic E-state index is 0. The van der Waals surface area contributed by atoms with Crippen LogP contribution in [0.15, 0.2) is 23.3 Å². The fraction of sp³-hybridized carbons (Fsp3) is 0.727. The summed E-state index contributed by atoms with van der Waals surface area (Å²) in [7, 11) is 0. The smallest absolute Gasteiger partial charge is 0.213 e. The maximum Gasteiger partial charge on any atom is 0.213 e. The van der Waals surface area contributed by atoms with E-state index in [1.807, 2.05) is 18.3 Å². The zero-order valence-corrected chi connectivity index (χ0v) is 20.8. The van der Waals surface area contributed by atoms with Crippen LogP contribution in [0, 0.1) is 0 Å². The highest BCUT2D eigenvalue weighted by molar-refractivity contribution is 14.0. The van der Waals surface area contributed by atoms with E-state index in [4.69, 9.17) is 14.5 Å². The van der Waals surface area contributed by atoms with E-state index >= 15 is 0 Å². The third-order valence-electron chi connectivity index (χ3n) is 5.64. The molecule has 0 spiro atoms. The van der Waals surface area contributed by atoms with E-state index in [0.29, 0.717) is 18.7 Å². The van der Waals surface area contributed by atoms with Crippen molar-refractivity contribution in [2.45, 2.75) is 64.6 Å². The van der Waals surface area contributed by atoms with Crippen LogP contribution in [-0.2, 0) is 11.3 Å². The van der Waals surface area contributed by atoms with Gasteiger partial charge in [-0.05, 0) is 51.2 Å². The molecule has 3 rings (SSSR count). The summed E-state index contributed by atoms with van der Waals surface area (Å²) in [6.07, 6.45) is 8.26. The molecule has 1 saturated carbocycles. The Bertz CT molecular complexity index is 634. The molecule has 1 atom stereocenters. The molecule has 1 aromatic rings. The van der Waals surface area contributed by atoms with E-state index in [0.717, 1.165) is 69.6 Å². The average Bonchev–Trinajstić information content (AvgIpc) is 2.77. The summed E-state index contributed by atoms with van der Waals surface area (Å²) in [5.41, 5.74) is 1.12. The summed E-state index contributed by atoms with van der Waals surface area (Å²) in [5.74, 6) is 1.57. The average molecular weight is 531 g/mol. The van der Waals surface area contributed by atoms with Gasteiger partial charge in [-0.15, -0.1) is 24.0 Å². The summed E-state index contributed by atoms with van der Waals surface area (Å²) in [6, 6.07) is 4.48. The lowest BCUT2D eigenvalue weighted by Gasteiger charge is -2.32. The number of ether oxygens (including phenoxy) is 2. The van der Waals surface area contributed by atoms with Crippen LogP contribution >= 0.6 is 24.0 Å². The highest BCUT2D eigenvalue weighted by atomic mass is 127. The molecule has 2 fully saturated rings. The van der Waals surface area contributed by atoms with Crippen LogP contribution in [0.25, 0.3) is 0 Å². The van der Waals surface area contributed by atoms with Gasteiger partial charge in [0.25, 0.3) is 0 Å². The van der Waals surface area contributed by atoms with Gasteiger partial charge in [-0.1, -0.05) is 6.42 Å². The molecule has 8 heteroatoms. The first-order valence-corrected chi connectivity index (χ1v) is 11.2. The first-order chi connectivity index (χ1) is 14.2. The first kappa shape index (κ1) is 25.1. The minimum Gasteiger partial charge on any atom is -0.474 e. The predicted octanol–water partition coefficient (Wildman–Crippen LogP) is 3.19. The van der Waals surface area contributed by atoms with Gasteiger partial charge in [0.05, 0.1) is 19.8 Å². The third-order valence-corrected chi connectivity index (χ3v) is 5.64. The van der Waals surface area contributed by atoms with Crippen molar-refractivity contribution in [1.29, 1.82) is 0 Å². The fourth-order valence-corrected chi connectivity index (χ4v) is 3.87. The second kappa shape index (κ2) is 14.0. The molecule has 0 aromatic carbocycles. The second-order valence-electron chi connectivity index (χ2n) is 7.95. The van der Waals surface area contributed by atoms with Crippen molar-refractivity contribution >= 4 is 29.9 Å². The quantitative estimate of drug-likeness (QED) is 0.305. The lowest BCUT2D eigenvalue weighted by molar-refractivity contribution is 0.0211. The zero-order chi connectivity index (χ0) is 20.3. The van der Waals surface area contributed by atoms with E-state index in [9.17, 15) is 0 Å². The van der Waals surface area contributed by atoms with Crippen molar-refractivity contribution in [3.63, 3.8) is 0 Å². The number of pyridine rings is 1. The second-order valence-corrected chi connectivity index (χ2v) is 7.95. The molecule has 0 amide bonds. The number of rotatable bonds is 8. The molecule has 1 unspecified atom stereocenters. The van der Waals surface area contributed by atoms with Gasteiger partial charge >= 0.3 is 0 Å². The van der Waals surface area contributed by atoms with Gasteiger partial charge in [-0.25, -0.2) is 9.98 Å². The Labute approximate surface area is 198 Å². The van der Waals surface area contributed by atoms with Gasteiger partial charge in [0.1, 0.15) is 6.10 Å². The lowest BCUT2D eigenvalue weighted by atomic mass is 9.98. The summed E-state index contributed by atoms with van der Waals surface area (Å²) in [5, 5.41) is 6.82. The molecule has 30 heavy (non-hydrogen) atoms. The van der Waals surface area contributed by atoms with Crippen molar-refractivity contribution < 1.29 is 9.47 Å². The van der Waals surface area contributed by atoms with Crippen LogP contribution in [0.3, 0.4) is 0 Å². The van der Waals surface area contributed by atoms with Crippen molar-refractivity contribution in [2.75, 3.05) is 39.4 Å². The third kappa shape index (κ3) is 8.55. The molecule has 0 bridgehead atoms. The molecule has 2 N–H and O–H groups in total. The van der Waals surface area contributed by atoms with Crippen molar-refractivity contribution in [2.24, 2.45) is 4.99 Å². The van der Waals surface area contributed by atoms with Crippen LogP contribution in [0.5, 0.6) is 5.88 Å². The minimum absolute atomic E-state index is 0. The molecule has 2 aliphatic rings. The maximum absolute atomic E-state index is 6.09. The van der Waals surface area contributed by atoms with Gasteiger partial charge in [0.15, 0.2) is 5.96 Å². The number of nitrogens with one attached hydrogen (secondary N) is 2. The first-order valence-electron chi connectivity index (χ1n) is 11.2. The van der Waals surface area contributed by atoms with E-state index in [1.165, 1.54) is 19.3 Å². The van der Waals surface area contributed by atoms with Crippen LogP contribution in [0.2, 0.25) is 0 Å². The van der Waals surface area contributed by atoms with Gasteiger partial charge in [-0.3, -0.25) is 4.90 Å². The van der Waals surface area contributed by atoms with Gasteiger partial charge in [0.2, 0.25) is 5.88 Å². The van der Waals surface area contributed by atoms with E-state index in [2.05, 4.69) is 34.4 Å². The van der Waals surface area contributed by atoms with Crippen LogP contribution in [-0.4, -0.2) is 67.4 Å². The molecular weight excluding hydrogens is 493 g/mol. The van der Waals surface area contributed by atoms with E-state index in [1.54, 1.807) is 0 Å². The molecule has 1 aliphatic carbocycles. The highest BCUT2D eigenvalue weighted by Gasteiger charge is 2.17. The monoisotopic (exact) mass is 531 g/mol. The fourth-order valence-electron chi connectivity index (χ4n) is 3.87. The number of hydrogen-bond donors (Lipinski definition) is 2. The van der Waals surface area contributed by atoms with Crippen molar-refractivity contribution in [1.82, 2.24) is 20.5 Å². The maximum atomic E-state index is 6.09. The molecule has 1 saturated heterocycles. The molecule has 170 valence electrons. The largest absolute Gasteiger partial charge is 0.474 e. The Morgan fingerprint density at radius 2 is 2.03 bits per heavy atom. The normalized spacial score (nSPS) is 19.6. The van der Waals surface area contributed by atoms with Crippen LogP contribution in [0.4, 0.5) is 0 Å². The number of halogens is 1. The van der Waals surface area contributed by atoms with E-state index < -0.39 is 0 Å². The molecule has 7 nitrogen and oxygen atoms in total. The topological polar surface area (TPSA) is 71.0 Å². The Morgan fingerprint density at radius 3 is 2.77 bits per heavy atom. The molecule has 1 aliphatic heterocycles. The number of aromatic nitrogens is 1. The Hall–Kier alpha value is -1.13. The lowest BCUT2D eigenvalue weighted by Crippen LogP contribution is -2.49. The van der Waals surface area contributed by atoms with Crippen LogP contribution < -0.4 is 15.4 Å². The van der Waals surface area contributed by atoms with Crippen molar-refractivity contribution in [3.8, 4) is 5.88 Å². The standard InChI is InChI=1S/C22H37N5O2.HI/c1-3-23-22(25-16-18(2)27-11-13-28-14-12-27)26-17-19-9-10-24-21(15-19)29-20-7-5-4-6-8-20;/h9-10,15,18,20H,3-8,11-14,16-17H2,1-2H3,(H2,23,25,26);1H. The molecule has 0 radical (unpaired) electrons. The number of hydrogen-bond acceptors (Lipinski definition) is 5.